The van der Waals surface area contributed by atoms with Crippen LogP contribution in [-0.4, -0.2) is 37.2 Å². The normalized spacial score (nSPS) is 12.6. The van der Waals surface area contributed by atoms with Crippen LogP contribution in [0.3, 0.4) is 0 Å². The summed E-state index contributed by atoms with van der Waals surface area (Å²) in [7, 11) is 0. The predicted octanol–water partition coefficient (Wildman–Crippen LogP) is 18.6. The Morgan fingerprint density at radius 3 is 0.894 bits per heavy atom. The molecule has 0 aromatic carbocycles. The lowest BCUT2D eigenvalue weighted by atomic mass is 10.0. The van der Waals surface area contributed by atoms with Crippen molar-refractivity contribution in [1.29, 1.82) is 0 Å². The largest absolute Gasteiger partial charge is 0.462 e. The fourth-order valence-electron chi connectivity index (χ4n) is 7.80. The standard InChI is InChI=1S/C60H104O6/c1-4-7-10-13-16-19-22-25-28-29-30-33-35-38-41-44-47-50-53-59(62)65-56-57(66-60(63)54-51-48-45-42-39-36-32-27-24-21-18-15-12-9-6-3)55-64-58(61)52-49-46-43-40-37-34-31-26-23-20-17-14-11-8-5-2/h16,18-19,21-22,24-25,27-30,33,57H,4-15,17,20,23,26,31-32,34-56H2,1-3H3/b19-16-,21-18-,25-22-,27-24-,29-28-,33-30-. The number of hydrogen-bond acceptors (Lipinski definition) is 6. The average Bonchev–Trinajstić information content (AvgIpc) is 3.31. The fourth-order valence-corrected chi connectivity index (χ4v) is 7.80. The van der Waals surface area contributed by atoms with Gasteiger partial charge in [0.15, 0.2) is 6.10 Å². The van der Waals surface area contributed by atoms with Crippen LogP contribution in [-0.2, 0) is 28.6 Å². The van der Waals surface area contributed by atoms with Gasteiger partial charge in [0.25, 0.3) is 0 Å². The van der Waals surface area contributed by atoms with E-state index in [-0.39, 0.29) is 31.1 Å². The Morgan fingerprint density at radius 1 is 0.303 bits per heavy atom. The Kier molecular flexibility index (Phi) is 51.9. The molecule has 0 aromatic rings. The molecule has 380 valence electrons. The number of unbranched alkanes of at least 4 members (excludes halogenated alkanes) is 31. The van der Waals surface area contributed by atoms with E-state index < -0.39 is 6.10 Å². The van der Waals surface area contributed by atoms with Crippen molar-refractivity contribution in [3.05, 3.63) is 72.9 Å². The molecule has 0 saturated heterocycles. The van der Waals surface area contributed by atoms with Crippen molar-refractivity contribution in [1.82, 2.24) is 0 Å². The summed E-state index contributed by atoms with van der Waals surface area (Å²) in [5.41, 5.74) is 0. The van der Waals surface area contributed by atoms with Crippen LogP contribution < -0.4 is 0 Å². The van der Waals surface area contributed by atoms with Gasteiger partial charge in [0.2, 0.25) is 0 Å². The van der Waals surface area contributed by atoms with Gasteiger partial charge in [0.1, 0.15) is 13.2 Å². The molecule has 66 heavy (non-hydrogen) atoms. The molecule has 0 heterocycles. The van der Waals surface area contributed by atoms with Crippen molar-refractivity contribution >= 4 is 17.9 Å². The van der Waals surface area contributed by atoms with Gasteiger partial charge < -0.3 is 14.2 Å². The van der Waals surface area contributed by atoms with Gasteiger partial charge in [0.05, 0.1) is 0 Å². The molecule has 0 radical (unpaired) electrons. The van der Waals surface area contributed by atoms with Crippen molar-refractivity contribution in [3.8, 4) is 0 Å². The SMILES string of the molecule is CCCCC\C=C/C=C\C=C/C=C\CCCCCCCC(=O)OCC(COC(=O)CCCCCCCCCCCCCCCCC)OC(=O)CCCCCCCC/C=C\C=C/CCCCC. The first kappa shape index (κ1) is 62.8. The third-order valence-corrected chi connectivity index (χ3v) is 12.1. The Labute approximate surface area is 408 Å². The molecule has 0 fully saturated rings. The molecular weight excluding hydrogens is 817 g/mol. The minimum Gasteiger partial charge on any atom is -0.462 e. The lowest BCUT2D eigenvalue weighted by Crippen LogP contribution is -2.30. The van der Waals surface area contributed by atoms with Gasteiger partial charge in [-0.2, -0.15) is 0 Å². The number of ether oxygens (including phenoxy) is 3. The van der Waals surface area contributed by atoms with Crippen molar-refractivity contribution in [2.75, 3.05) is 13.2 Å². The summed E-state index contributed by atoms with van der Waals surface area (Å²) in [6, 6.07) is 0. The van der Waals surface area contributed by atoms with Gasteiger partial charge in [-0.1, -0.05) is 254 Å². The molecule has 0 saturated carbocycles. The second kappa shape index (κ2) is 54.5. The van der Waals surface area contributed by atoms with Crippen LogP contribution >= 0.6 is 0 Å². The summed E-state index contributed by atoms with van der Waals surface area (Å²) in [6.07, 6.45) is 68.7. The topological polar surface area (TPSA) is 78.9 Å². The number of carbonyl (C=O) groups is 3. The van der Waals surface area contributed by atoms with E-state index >= 15 is 0 Å². The van der Waals surface area contributed by atoms with Gasteiger partial charge in [0, 0.05) is 19.3 Å². The van der Waals surface area contributed by atoms with Crippen LogP contribution in [0.2, 0.25) is 0 Å². The lowest BCUT2D eigenvalue weighted by Gasteiger charge is -2.18. The maximum atomic E-state index is 12.8. The minimum atomic E-state index is -0.790. The number of rotatable bonds is 50. The van der Waals surface area contributed by atoms with Crippen LogP contribution in [0.1, 0.15) is 271 Å². The van der Waals surface area contributed by atoms with Gasteiger partial charge >= 0.3 is 17.9 Å². The molecule has 0 bridgehead atoms. The van der Waals surface area contributed by atoms with Crippen LogP contribution in [0.5, 0.6) is 0 Å². The number of carbonyl (C=O) groups excluding carboxylic acids is 3. The minimum absolute atomic E-state index is 0.0861. The zero-order valence-corrected chi connectivity index (χ0v) is 43.4. The first-order chi connectivity index (χ1) is 32.5. The first-order valence-electron chi connectivity index (χ1n) is 28.0. The van der Waals surface area contributed by atoms with Crippen molar-refractivity contribution in [3.63, 3.8) is 0 Å². The molecule has 6 nitrogen and oxygen atoms in total. The molecule has 0 spiro atoms. The highest BCUT2D eigenvalue weighted by Crippen LogP contribution is 2.15. The van der Waals surface area contributed by atoms with Gasteiger partial charge in [-0.25, -0.2) is 0 Å². The highest BCUT2D eigenvalue weighted by atomic mass is 16.6. The van der Waals surface area contributed by atoms with E-state index in [9.17, 15) is 14.4 Å². The van der Waals surface area contributed by atoms with Crippen LogP contribution in [0.4, 0.5) is 0 Å². The van der Waals surface area contributed by atoms with E-state index in [4.69, 9.17) is 14.2 Å². The second-order valence-electron chi connectivity index (χ2n) is 18.6. The second-order valence-corrected chi connectivity index (χ2v) is 18.6. The molecule has 0 aliphatic heterocycles. The van der Waals surface area contributed by atoms with E-state index in [2.05, 4.69) is 93.7 Å². The van der Waals surface area contributed by atoms with Crippen LogP contribution in [0.25, 0.3) is 0 Å². The molecule has 0 aliphatic rings. The Hall–Kier alpha value is -3.15. The Morgan fingerprint density at radius 2 is 0.545 bits per heavy atom. The third-order valence-electron chi connectivity index (χ3n) is 12.1. The van der Waals surface area contributed by atoms with Gasteiger partial charge in [-0.15, -0.1) is 0 Å². The lowest BCUT2D eigenvalue weighted by molar-refractivity contribution is -0.167. The van der Waals surface area contributed by atoms with E-state index in [0.29, 0.717) is 19.3 Å². The summed E-state index contributed by atoms with van der Waals surface area (Å²) in [4.78, 5) is 38.1. The fraction of sp³-hybridized carbons (Fsp3) is 0.750. The van der Waals surface area contributed by atoms with Gasteiger partial charge in [-0.05, 0) is 70.6 Å². The van der Waals surface area contributed by atoms with Crippen LogP contribution in [0.15, 0.2) is 72.9 Å². The summed E-state index contributed by atoms with van der Waals surface area (Å²) in [6.45, 7) is 6.56. The first-order valence-corrected chi connectivity index (χ1v) is 28.0. The summed E-state index contributed by atoms with van der Waals surface area (Å²) < 4.78 is 16.8. The molecule has 0 aromatic heterocycles. The number of esters is 3. The summed E-state index contributed by atoms with van der Waals surface area (Å²) >= 11 is 0. The van der Waals surface area contributed by atoms with E-state index in [0.717, 1.165) is 96.3 Å². The number of allylic oxidation sites excluding steroid dienone is 12. The molecule has 1 unspecified atom stereocenters. The zero-order chi connectivity index (χ0) is 47.9. The monoisotopic (exact) mass is 921 g/mol. The Bertz CT molecular complexity index is 1240. The highest BCUT2D eigenvalue weighted by Gasteiger charge is 2.19. The van der Waals surface area contributed by atoms with Crippen molar-refractivity contribution in [2.24, 2.45) is 0 Å². The maximum absolute atomic E-state index is 12.8. The molecule has 1 atom stereocenters. The summed E-state index contributed by atoms with van der Waals surface area (Å²) in [5.74, 6) is -0.914. The predicted molar refractivity (Wildman–Crippen MR) is 284 cm³/mol. The van der Waals surface area contributed by atoms with Crippen molar-refractivity contribution in [2.45, 2.75) is 277 Å². The third kappa shape index (κ3) is 51.8. The molecule has 0 amide bonds. The number of hydrogen-bond donors (Lipinski definition) is 0. The average molecular weight is 921 g/mol. The quantitative estimate of drug-likeness (QED) is 0.0262. The van der Waals surface area contributed by atoms with Crippen LogP contribution in [0, 0.1) is 0 Å². The molecule has 0 N–H and O–H groups in total. The molecule has 0 rings (SSSR count). The smallest absolute Gasteiger partial charge is 0.306 e. The Balaban J connectivity index is 4.44. The summed E-state index contributed by atoms with van der Waals surface area (Å²) in [5, 5.41) is 0. The molecule has 6 heteroatoms. The zero-order valence-electron chi connectivity index (χ0n) is 43.4. The van der Waals surface area contributed by atoms with E-state index in [1.165, 1.54) is 135 Å². The van der Waals surface area contributed by atoms with E-state index in [1.54, 1.807) is 0 Å². The molecular formula is C60H104O6. The van der Waals surface area contributed by atoms with E-state index in [1.807, 2.05) is 0 Å². The highest BCUT2D eigenvalue weighted by molar-refractivity contribution is 5.71. The molecule has 0 aliphatic carbocycles. The van der Waals surface area contributed by atoms with Crippen molar-refractivity contribution < 1.29 is 28.6 Å². The van der Waals surface area contributed by atoms with Gasteiger partial charge in [-0.3, -0.25) is 14.4 Å². The maximum Gasteiger partial charge on any atom is 0.306 e.